The first-order valence-electron chi connectivity index (χ1n) is 4.02. The number of thiocarbonyl (C=S) groups is 1. The van der Waals surface area contributed by atoms with Gasteiger partial charge in [0.1, 0.15) is 11.1 Å². The average molecular weight is 203 g/mol. The van der Waals surface area contributed by atoms with Gasteiger partial charge in [-0.1, -0.05) is 12.2 Å². The summed E-state index contributed by atoms with van der Waals surface area (Å²) in [7, 11) is 1.59. The number of rotatable bonds is 1. The number of ether oxygens (including phenoxy) is 1. The molecule has 1 unspecified atom stereocenters. The average Bonchev–Trinajstić information content (AvgIpc) is 2.17. The van der Waals surface area contributed by atoms with E-state index in [0.29, 0.717) is 24.7 Å². The molecule has 5 nitrogen and oxygen atoms in total. The highest BCUT2D eigenvalue weighted by Gasteiger charge is 2.24. The predicted octanol–water partition coefficient (Wildman–Crippen LogP) is -0.687. The van der Waals surface area contributed by atoms with Crippen LogP contribution in [0.15, 0.2) is 0 Å². The Morgan fingerprint density at radius 2 is 2.46 bits per heavy atom. The predicted molar refractivity (Wildman–Crippen MR) is 52.6 cm³/mol. The van der Waals surface area contributed by atoms with Crippen molar-refractivity contribution in [1.29, 1.82) is 0 Å². The number of hydrogen-bond donors (Lipinski definition) is 2. The normalized spacial score (nSPS) is 22.5. The van der Waals surface area contributed by atoms with Crippen LogP contribution in [-0.2, 0) is 4.74 Å². The minimum absolute atomic E-state index is 0.121. The van der Waals surface area contributed by atoms with Crippen LogP contribution < -0.4 is 11.1 Å². The quantitative estimate of drug-likeness (QED) is 0.554. The van der Waals surface area contributed by atoms with Crippen LogP contribution in [-0.4, -0.2) is 48.8 Å². The largest absolute Gasteiger partial charge is 0.391 e. The Balaban J connectivity index is 2.51. The molecule has 6 heteroatoms. The van der Waals surface area contributed by atoms with E-state index < -0.39 is 0 Å². The van der Waals surface area contributed by atoms with E-state index >= 15 is 0 Å². The summed E-state index contributed by atoms with van der Waals surface area (Å²) < 4.78 is 5.28. The van der Waals surface area contributed by atoms with E-state index in [1.807, 2.05) is 0 Å². The molecule has 2 amide bonds. The minimum Gasteiger partial charge on any atom is -0.391 e. The van der Waals surface area contributed by atoms with Gasteiger partial charge in [-0.3, -0.25) is 0 Å². The Labute approximate surface area is 82.2 Å². The van der Waals surface area contributed by atoms with E-state index in [-0.39, 0.29) is 12.1 Å². The third-order valence-corrected chi connectivity index (χ3v) is 2.15. The van der Waals surface area contributed by atoms with E-state index in [1.54, 1.807) is 11.9 Å². The van der Waals surface area contributed by atoms with Crippen molar-refractivity contribution in [2.75, 3.05) is 26.7 Å². The van der Waals surface area contributed by atoms with Gasteiger partial charge in [0.2, 0.25) is 0 Å². The lowest BCUT2D eigenvalue weighted by Gasteiger charge is -2.31. The fourth-order valence-electron chi connectivity index (χ4n) is 1.16. The summed E-state index contributed by atoms with van der Waals surface area (Å²) in [4.78, 5) is 13.1. The first-order chi connectivity index (χ1) is 6.15. The molecule has 0 aromatic carbocycles. The van der Waals surface area contributed by atoms with Crippen LogP contribution in [0.5, 0.6) is 0 Å². The molecule has 1 rings (SSSR count). The second-order valence-electron chi connectivity index (χ2n) is 2.76. The highest BCUT2D eigenvalue weighted by molar-refractivity contribution is 7.80. The lowest BCUT2D eigenvalue weighted by Crippen LogP contribution is -2.52. The molecular formula is C7H13N3O2S. The van der Waals surface area contributed by atoms with Gasteiger partial charge < -0.3 is 20.7 Å². The highest BCUT2D eigenvalue weighted by Crippen LogP contribution is 2.05. The van der Waals surface area contributed by atoms with Crippen LogP contribution in [0.1, 0.15) is 0 Å². The molecule has 1 heterocycles. The van der Waals surface area contributed by atoms with Gasteiger partial charge >= 0.3 is 6.03 Å². The number of morpholine rings is 1. The fourth-order valence-corrected chi connectivity index (χ4v) is 1.31. The van der Waals surface area contributed by atoms with Gasteiger partial charge in [-0.15, -0.1) is 0 Å². The van der Waals surface area contributed by atoms with Gasteiger partial charge in [0.15, 0.2) is 0 Å². The van der Waals surface area contributed by atoms with Crippen LogP contribution in [0.3, 0.4) is 0 Å². The van der Waals surface area contributed by atoms with Crippen molar-refractivity contribution in [2.45, 2.75) is 6.10 Å². The number of nitrogens with two attached hydrogens (primary N) is 1. The Morgan fingerprint density at radius 1 is 1.77 bits per heavy atom. The van der Waals surface area contributed by atoms with Crippen molar-refractivity contribution in [3.8, 4) is 0 Å². The van der Waals surface area contributed by atoms with Crippen molar-refractivity contribution < 1.29 is 9.53 Å². The Kier molecular flexibility index (Phi) is 3.44. The maximum Gasteiger partial charge on any atom is 0.317 e. The number of carbonyl (C=O) groups is 1. The summed E-state index contributed by atoms with van der Waals surface area (Å²) in [5.74, 6) is 0. The molecular weight excluding hydrogens is 190 g/mol. The van der Waals surface area contributed by atoms with Crippen molar-refractivity contribution in [3.05, 3.63) is 0 Å². The zero-order valence-corrected chi connectivity index (χ0v) is 8.26. The SMILES string of the molecule is CNC(=O)N1CCOC(C(N)=S)C1. The highest BCUT2D eigenvalue weighted by atomic mass is 32.1. The van der Waals surface area contributed by atoms with Crippen molar-refractivity contribution >= 4 is 23.2 Å². The van der Waals surface area contributed by atoms with Crippen LogP contribution >= 0.6 is 12.2 Å². The number of nitrogens with zero attached hydrogens (tertiary/aromatic N) is 1. The molecule has 1 fully saturated rings. The molecule has 0 bridgehead atoms. The molecule has 1 atom stereocenters. The van der Waals surface area contributed by atoms with Crippen LogP contribution in [0.4, 0.5) is 4.79 Å². The Bertz CT molecular complexity index is 222. The fraction of sp³-hybridized carbons (Fsp3) is 0.714. The summed E-state index contributed by atoms with van der Waals surface area (Å²) in [6, 6.07) is -0.121. The number of nitrogens with one attached hydrogen (secondary N) is 1. The maximum absolute atomic E-state index is 11.2. The molecule has 0 saturated carbocycles. The van der Waals surface area contributed by atoms with Crippen molar-refractivity contribution in [1.82, 2.24) is 10.2 Å². The number of urea groups is 1. The standard InChI is InChI=1S/C7H13N3O2S/c1-9-7(11)10-2-3-12-5(4-10)6(8)13/h5H,2-4H2,1H3,(H2,8,13)(H,9,11). The summed E-state index contributed by atoms with van der Waals surface area (Å²) in [6.45, 7) is 1.50. The van der Waals surface area contributed by atoms with Gasteiger partial charge in [0.25, 0.3) is 0 Å². The number of carbonyl (C=O) groups excluding carboxylic acids is 1. The zero-order valence-electron chi connectivity index (χ0n) is 7.45. The third-order valence-electron chi connectivity index (χ3n) is 1.88. The molecule has 0 aromatic heterocycles. The second kappa shape index (κ2) is 4.38. The molecule has 1 saturated heterocycles. The summed E-state index contributed by atoms with van der Waals surface area (Å²) in [5, 5.41) is 2.54. The monoisotopic (exact) mass is 203 g/mol. The van der Waals surface area contributed by atoms with E-state index in [4.69, 9.17) is 22.7 Å². The molecule has 1 aliphatic rings. The van der Waals surface area contributed by atoms with Crippen molar-refractivity contribution in [3.63, 3.8) is 0 Å². The lowest BCUT2D eigenvalue weighted by atomic mass is 10.3. The summed E-state index contributed by atoms with van der Waals surface area (Å²) in [6.07, 6.45) is -0.305. The Morgan fingerprint density at radius 3 is 3.00 bits per heavy atom. The first kappa shape index (κ1) is 10.2. The molecule has 1 aliphatic heterocycles. The number of amides is 2. The van der Waals surface area contributed by atoms with E-state index in [9.17, 15) is 4.79 Å². The minimum atomic E-state index is -0.305. The van der Waals surface area contributed by atoms with Gasteiger partial charge in [-0.05, 0) is 0 Å². The van der Waals surface area contributed by atoms with Gasteiger partial charge in [0, 0.05) is 13.6 Å². The summed E-state index contributed by atoms with van der Waals surface area (Å²) in [5.41, 5.74) is 5.42. The van der Waals surface area contributed by atoms with Gasteiger partial charge in [-0.2, -0.15) is 0 Å². The topological polar surface area (TPSA) is 67.6 Å². The molecule has 3 N–H and O–H groups in total. The summed E-state index contributed by atoms with van der Waals surface area (Å²) >= 11 is 4.79. The molecule has 13 heavy (non-hydrogen) atoms. The van der Waals surface area contributed by atoms with E-state index in [1.165, 1.54) is 0 Å². The zero-order chi connectivity index (χ0) is 9.84. The van der Waals surface area contributed by atoms with Crippen LogP contribution in [0.2, 0.25) is 0 Å². The number of hydrogen-bond acceptors (Lipinski definition) is 3. The van der Waals surface area contributed by atoms with Crippen LogP contribution in [0, 0.1) is 0 Å². The smallest absolute Gasteiger partial charge is 0.317 e. The molecule has 0 aliphatic carbocycles. The van der Waals surface area contributed by atoms with Crippen LogP contribution in [0.25, 0.3) is 0 Å². The molecule has 0 spiro atoms. The third kappa shape index (κ3) is 2.53. The maximum atomic E-state index is 11.2. The molecule has 0 aromatic rings. The van der Waals surface area contributed by atoms with Gasteiger partial charge in [-0.25, -0.2) is 4.79 Å². The molecule has 0 radical (unpaired) electrons. The molecule has 74 valence electrons. The second-order valence-corrected chi connectivity index (χ2v) is 3.23. The lowest BCUT2D eigenvalue weighted by molar-refractivity contribution is 0.0229. The van der Waals surface area contributed by atoms with Crippen molar-refractivity contribution in [2.24, 2.45) is 5.73 Å². The van der Waals surface area contributed by atoms with E-state index in [0.717, 1.165) is 0 Å². The van der Waals surface area contributed by atoms with E-state index in [2.05, 4.69) is 5.32 Å². The van der Waals surface area contributed by atoms with Gasteiger partial charge in [0.05, 0.1) is 13.2 Å². The Hall–Kier alpha value is -0.880. The first-order valence-corrected chi connectivity index (χ1v) is 4.43.